The summed E-state index contributed by atoms with van der Waals surface area (Å²) in [4.78, 5) is 41.6. The standard InChI is InChI=1S/C39H45N3O5/c1-39(2,3)47-38(45)40-26-14-21-34(41-36(43)35(31-17-10-6-11-18-31)32-19-12-7-13-20-32)37(44)42(4)27-29-22-24-33(25-23-29)46-28-30-15-8-5-9-16-30/h5-13,15-20,22-25,34-35H,14,21,26-28H2,1-4H3,(H,40,45)(H,41,43)/t34-/m1/s1. The van der Waals surface area contributed by atoms with Crippen LogP contribution >= 0.6 is 0 Å². The molecule has 0 heterocycles. The average Bonchev–Trinajstić information content (AvgIpc) is 3.06. The second-order valence-electron chi connectivity index (χ2n) is 12.5. The van der Waals surface area contributed by atoms with Crippen LogP contribution in [0.5, 0.6) is 5.75 Å². The first-order valence-corrected chi connectivity index (χ1v) is 16.0. The molecular weight excluding hydrogens is 590 g/mol. The third-order valence-electron chi connectivity index (χ3n) is 7.45. The van der Waals surface area contributed by atoms with Crippen molar-refractivity contribution in [2.45, 2.75) is 64.3 Å². The third kappa shape index (κ3) is 11.3. The van der Waals surface area contributed by atoms with Gasteiger partial charge in [-0.2, -0.15) is 0 Å². The molecule has 0 aliphatic heterocycles. The fourth-order valence-electron chi connectivity index (χ4n) is 5.16. The van der Waals surface area contributed by atoms with Crippen LogP contribution < -0.4 is 15.4 Å². The Kier molecular flexibility index (Phi) is 12.6. The maximum Gasteiger partial charge on any atom is 0.407 e. The van der Waals surface area contributed by atoms with Crippen molar-refractivity contribution in [2.24, 2.45) is 0 Å². The van der Waals surface area contributed by atoms with E-state index < -0.39 is 23.7 Å². The van der Waals surface area contributed by atoms with Crippen molar-refractivity contribution < 1.29 is 23.9 Å². The summed E-state index contributed by atoms with van der Waals surface area (Å²) in [5, 5.41) is 5.80. The highest BCUT2D eigenvalue weighted by Crippen LogP contribution is 2.25. The van der Waals surface area contributed by atoms with E-state index in [1.807, 2.05) is 115 Å². The van der Waals surface area contributed by atoms with E-state index in [0.717, 1.165) is 28.0 Å². The zero-order valence-electron chi connectivity index (χ0n) is 27.6. The molecule has 4 aromatic carbocycles. The molecule has 0 unspecified atom stereocenters. The first-order chi connectivity index (χ1) is 22.6. The van der Waals surface area contributed by atoms with Gasteiger partial charge in [-0.1, -0.05) is 103 Å². The quantitative estimate of drug-likeness (QED) is 0.148. The molecule has 0 radical (unpaired) electrons. The number of nitrogens with zero attached hydrogens (tertiary/aromatic N) is 1. The molecule has 0 aromatic heterocycles. The highest BCUT2D eigenvalue weighted by Gasteiger charge is 2.29. The van der Waals surface area contributed by atoms with Gasteiger partial charge < -0.3 is 25.0 Å². The number of nitrogens with one attached hydrogen (secondary N) is 2. The molecule has 3 amide bonds. The van der Waals surface area contributed by atoms with E-state index in [1.54, 1.807) is 32.7 Å². The summed E-state index contributed by atoms with van der Waals surface area (Å²) in [7, 11) is 1.73. The average molecular weight is 636 g/mol. The summed E-state index contributed by atoms with van der Waals surface area (Å²) in [6.45, 7) is 6.51. The normalized spacial score (nSPS) is 11.8. The van der Waals surface area contributed by atoms with Crippen molar-refractivity contribution in [3.8, 4) is 5.75 Å². The Labute approximate surface area is 278 Å². The van der Waals surface area contributed by atoms with E-state index >= 15 is 0 Å². The SMILES string of the molecule is CN(Cc1ccc(OCc2ccccc2)cc1)C(=O)[C@@H](CCCNC(=O)OC(C)(C)C)NC(=O)C(c1ccccc1)c1ccccc1. The Hall–Kier alpha value is -5.11. The van der Waals surface area contributed by atoms with Gasteiger partial charge in [-0.15, -0.1) is 0 Å². The van der Waals surface area contributed by atoms with Crippen molar-refractivity contribution in [1.29, 1.82) is 0 Å². The molecule has 0 bridgehead atoms. The molecule has 0 saturated heterocycles. The molecule has 0 spiro atoms. The maximum absolute atomic E-state index is 14.0. The van der Waals surface area contributed by atoms with E-state index in [1.165, 1.54) is 0 Å². The third-order valence-corrected chi connectivity index (χ3v) is 7.45. The van der Waals surface area contributed by atoms with Gasteiger partial charge in [0.1, 0.15) is 24.0 Å². The lowest BCUT2D eigenvalue weighted by atomic mass is 9.90. The lowest BCUT2D eigenvalue weighted by molar-refractivity contribution is -0.136. The number of rotatable bonds is 14. The van der Waals surface area contributed by atoms with Crippen LogP contribution in [-0.2, 0) is 27.5 Å². The van der Waals surface area contributed by atoms with Crippen molar-refractivity contribution in [1.82, 2.24) is 15.5 Å². The smallest absolute Gasteiger partial charge is 0.407 e. The maximum atomic E-state index is 14.0. The van der Waals surface area contributed by atoms with E-state index in [0.29, 0.717) is 32.5 Å². The van der Waals surface area contributed by atoms with Crippen molar-refractivity contribution in [3.05, 3.63) is 138 Å². The molecule has 1 atom stereocenters. The predicted octanol–water partition coefficient (Wildman–Crippen LogP) is 6.85. The summed E-state index contributed by atoms with van der Waals surface area (Å²) >= 11 is 0. The molecule has 8 nitrogen and oxygen atoms in total. The molecule has 4 rings (SSSR count). The summed E-state index contributed by atoms with van der Waals surface area (Å²) < 4.78 is 11.2. The van der Waals surface area contributed by atoms with Crippen molar-refractivity contribution >= 4 is 17.9 Å². The minimum Gasteiger partial charge on any atom is -0.489 e. The Balaban J connectivity index is 1.44. The van der Waals surface area contributed by atoms with E-state index in [-0.39, 0.29) is 11.8 Å². The van der Waals surface area contributed by atoms with Crippen LogP contribution in [0.25, 0.3) is 0 Å². The van der Waals surface area contributed by atoms with Gasteiger partial charge in [-0.3, -0.25) is 9.59 Å². The number of amides is 3. The summed E-state index contributed by atoms with van der Waals surface area (Å²) in [6.07, 6.45) is 0.261. The van der Waals surface area contributed by atoms with Crippen LogP contribution in [0.15, 0.2) is 115 Å². The second kappa shape index (κ2) is 17.0. The predicted molar refractivity (Wildman–Crippen MR) is 184 cm³/mol. The molecule has 8 heteroatoms. The number of likely N-dealkylation sites (N-methyl/N-ethyl adjacent to an activating group) is 1. The number of hydrogen-bond donors (Lipinski definition) is 2. The molecule has 0 fully saturated rings. The molecule has 246 valence electrons. The molecule has 47 heavy (non-hydrogen) atoms. The van der Waals surface area contributed by atoms with Gasteiger partial charge in [0, 0.05) is 20.1 Å². The van der Waals surface area contributed by atoms with Gasteiger partial charge in [0.2, 0.25) is 11.8 Å². The lowest BCUT2D eigenvalue weighted by Gasteiger charge is -2.27. The molecule has 4 aromatic rings. The number of benzene rings is 4. The van der Waals surface area contributed by atoms with Crippen LogP contribution in [0.1, 0.15) is 61.8 Å². The number of carbonyl (C=O) groups excluding carboxylic acids is 3. The zero-order valence-corrected chi connectivity index (χ0v) is 27.6. The number of carbonyl (C=O) groups is 3. The van der Waals surface area contributed by atoms with E-state index in [2.05, 4.69) is 10.6 Å². The Morgan fingerprint density at radius 3 is 1.85 bits per heavy atom. The Bertz CT molecular complexity index is 1520. The monoisotopic (exact) mass is 635 g/mol. The van der Waals surface area contributed by atoms with Crippen LogP contribution in [0.4, 0.5) is 4.79 Å². The topological polar surface area (TPSA) is 97.0 Å². The highest BCUT2D eigenvalue weighted by atomic mass is 16.6. The Morgan fingerprint density at radius 1 is 0.745 bits per heavy atom. The molecule has 0 saturated carbocycles. The molecular formula is C39H45N3O5. The number of hydrogen-bond acceptors (Lipinski definition) is 5. The minimum absolute atomic E-state index is 0.222. The van der Waals surface area contributed by atoms with Crippen LogP contribution in [0, 0.1) is 0 Å². The van der Waals surface area contributed by atoms with Crippen LogP contribution in [-0.4, -0.2) is 48.0 Å². The first kappa shape index (κ1) is 34.8. The molecule has 0 aliphatic carbocycles. The van der Waals surface area contributed by atoms with Crippen molar-refractivity contribution in [2.75, 3.05) is 13.6 Å². The first-order valence-electron chi connectivity index (χ1n) is 16.0. The van der Waals surface area contributed by atoms with Gasteiger partial charge >= 0.3 is 6.09 Å². The number of ether oxygens (including phenoxy) is 2. The van der Waals surface area contributed by atoms with Crippen molar-refractivity contribution in [3.63, 3.8) is 0 Å². The highest BCUT2D eigenvalue weighted by molar-refractivity contribution is 5.92. The number of alkyl carbamates (subject to hydrolysis) is 1. The zero-order chi connectivity index (χ0) is 33.6. The van der Waals surface area contributed by atoms with Gasteiger partial charge in [-0.25, -0.2) is 4.79 Å². The molecule has 0 aliphatic rings. The van der Waals surface area contributed by atoms with Gasteiger partial charge in [0.05, 0.1) is 5.92 Å². The van der Waals surface area contributed by atoms with Gasteiger partial charge in [0.15, 0.2) is 0 Å². The van der Waals surface area contributed by atoms with E-state index in [9.17, 15) is 14.4 Å². The largest absolute Gasteiger partial charge is 0.489 e. The fourth-order valence-corrected chi connectivity index (χ4v) is 5.16. The minimum atomic E-state index is -0.809. The van der Waals surface area contributed by atoms with Crippen LogP contribution in [0.2, 0.25) is 0 Å². The van der Waals surface area contributed by atoms with Gasteiger partial charge in [0.25, 0.3) is 0 Å². The summed E-state index contributed by atoms with van der Waals surface area (Å²) in [6, 6.07) is 35.9. The lowest BCUT2D eigenvalue weighted by Crippen LogP contribution is -2.48. The second-order valence-corrected chi connectivity index (χ2v) is 12.5. The van der Waals surface area contributed by atoms with Gasteiger partial charge in [-0.05, 0) is 68.0 Å². The van der Waals surface area contributed by atoms with E-state index in [4.69, 9.17) is 9.47 Å². The summed E-state index contributed by atoms with van der Waals surface area (Å²) in [5.74, 6) is -0.350. The van der Waals surface area contributed by atoms with Crippen LogP contribution in [0.3, 0.4) is 0 Å². The fraction of sp³-hybridized carbons (Fsp3) is 0.308. The Morgan fingerprint density at radius 2 is 1.30 bits per heavy atom. The summed E-state index contributed by atoms with van der Waals surface area (Å²) in [5.41, 5.74) is 3.05. The molecule has 2 N–H and O–H groups in total.